The maximum atomic E-state index is 13.0. The van der Waals surface area contributed by atoms with E-state index in [1.807, 2.05) is 24.3 Å². The van der Waals surface area contributed by atoms with Crippen molar-refractivity contribution in [3.05, 3.63) is 83.9 Å². The van der Waals surface area contributed by atoms with Crippen molar-refractivity contribution in [2.75, 3.05) is 6.61 Å². The summed E-state index contributed by atoms with van der Waals surface area (Å²) in [6.45, 7) is 9.46. The zero-order valence-corrected chi connectivity index (χ0v) is 29.5. The molecule has 0 N–H and O–H groups in total. The summed E-state index contributed by atoms with van der Waals surface area (Å²) in [5, 5.41) is 0. The molecule has 0 aliphatic heterocycles. The lowest BCUT2D eigenvalue weighted by molar-refractivity contribution is 0.0272. The second-order valence-corrected chi connectivity index (χ2v) is 13.1. The lowest BCUT2D eigenvalue weighted by Crippen LogP contribution is -2.17. The van der Waals surface area contributed by atoms with Crippen LogP contribution >= 0.6 is 0 Å². The van der Waals surface area contributed by atoms with Gasteiger partial charge >= 0.3 is 5.97 Å². The largest absolute Gasteiger partial charge is 0.459 e. The standard InChI is InChI=1S/C43H62O3/c1-5-8-9-10-11-12-13-14-15-16-17-18-19-22-34-45-35(4)36-26-28-37(29-27-36)38-30-32-39(33-31-38)41-24-20-21-25-42(41)43(44)46-40(7-3)23-6-2/h20-21,24-33,35,40H,5-19,22-23,34H2,1-4H3. The van der Waals surface area contributed by atoms with E-state index in [0.29, 0.717) is 5.56 Å². The maximum absolute atomic E-state index is 13.0. The Morgan fingerprint density at radius 2 is 1.09 bits per heavy atom. The number of benzene rings is 3. The molecule has 3 aromatic carbocycles. The third-order valence-electron chi connectivity index (χ3n) is 9.26. The van der Waals surface area contributed by atoms with Gasteiger partial charge in [-0.2, -0.15) is 0 Å². The second-order valence-electron chi connectivity index (χ2n) is 13.1. The van der Waals surface area contributed by atoms with E-state index in [1.54, 1.807) is 0 Å². The van der Waals surface area contributed by atoms with E-state index in [0.717, 1.165) is 49.0 Å². The lowest BCUT2D eigenvalue weighted by Gasteiger charge is -2.17. The molecule has 0 aliphatic carbocycles. The molecule has 0 spiro atoms. The number of rotatable bonds is 24. The van der Waals surface area contributed by atoms with Crippen molar-refractivity contribution >= 4 is 5.97 Å². The monoisotopic (exact) mass is 626 g/mol. The van der Waals surface area contributed by atoms with Gasteiger partial charge in [-0.05, 0) is 60.1 Å². The summed E-state index contributed by atoms with van der Waals surface area (Å²) in [5.74, 6) is -0.240. The van der Waals surface area contributed by atoms with Gasteiger partial charge < -0.3 is 9.47 Å². The van der Waals surface area contributed by atoms with Crippen LogP contribution in [-0.4, -0.2) is 18.7 Å². The number of hydrogen-bond acceptors (Lipinski definition) is 3. The van der Waals surface area contributed by atoms with Gasteiger partial charge in [0, 0.05) is 6.61 Å². The molecule has 0 amide bonds. The summed E-state index contributed by atoms with van der Waals surface area (Å²) in [4.78, 5) is 13.0. The molecule has 0 bridgehead atoms. The minimum Gasteiger partial charge on any atom is -0.459 e. The highest BCUT2D eigenvalue weighted by Gasteiger charge is 2.18. The van der Waals surface area contributed by atoms with Crippen LogP contribution in [0, 0.1) is 0 Å². The van der Waals surface area contributed by atoms with Crippen molar-refractivity contribution in [2.24, 2.45) is 0 Å². The van der Waals surface area contributed by atoms with Crippen molar-refractivity contribution in [2.45, 2.75) is 149 Å². The summed E-state index contributed by atoms with van der Waals surface area (Å²) in [6.07, 6.45) is 22.0. The predicted molar refractivity (Wildman–Crippen MR) is 196 cm³/mol. The second kappa shape index (κ2) is 22.6. The molecule has 0 aromatic heterocycles. The van der Waals surface area contributed by atoms with E-state index in [1.165, 1.54) is 94.6 Å². The molecule has 3 nitrogen and oxygen atoms in total. The van der Waals surface area contributed by atoms with Crippen LogP contribution in [0.3, 0.4) is 0 Å². The van der Waals surface area contributed by atoms with Crippen molar-refractivity contribution in [1.82, 2.24) is 0 Å². The Kier molecular flexibility index (Phi) is 18.4. The van der Waals surface area contributed by atoms with E-state index in [-0.39, 0.29) is 18.2 Å². The first-order valence-corrected chi connectivity index (χ1v) is 18.7. The number of ether oxygens (including phenoxy) is 2. The minimum atomic E-state index is -0.240. The molecule has 3 aromatic rings. The van der Waals surface area contributed by atoms with Gasteiger partial charge in [0.25, 0.3) is 0 Å². The van der Waals surface area contributed by atoms with Crippen LogP contribution in [0.2, 0.25) is 0 Å². The predicted octanol–water partition coefficient (Wildman–Crippen LogP) is 13.3. The zero-order valence-electron chi connectivity index (χ0n) is 29.5. The minimum absolute atomic E-state index is 0.0342. The highest BCUT2D eigenvalue weighted by Crippen LogP contribution is 2.29. The van der Waals surface area contributed by atoms with Crippen molar-refractivity contribution < 1.29 is 14.3 Å². The zero-order chi connectivity index (χ0) is 32.8. The molecule has 0 saturated heterocycles. The molecular formula is C43H62O3. The van der Waals surface area contributed by atoms with Crippen molar-refractivity contribution in [3.63, 3.8) is 0 Å². The van der Waals surface area contributed by atoms with E-state index in [4.69, 9.17) is 9.47 Å². The fourth-order valence-electron chi connectivity index (χ4n) is 6.24. The third-order valence-corrected chi connectivity index (χ3v) is 9.26. The summed E-state index contributed by atoms with van der Waals surface area (Å²) in [7, 11) is 0. The van der Waals surface area contributed by atoms with Gasteiger partial charge in [0.05, 0.1) is 11.7 Å². The van der Waals surface area contributed by atoms with E-state index < -0.39 is 0 Å². The third kappa shape index (κ3) is 13.4. The highest BCUT2D eigenvalue weighted by atomic mass is 16.5. The van der Waals surface area contributed by atoms with Gasteiger partial charge in [0.1, 0.15) is 6.10 Å². The summed E-state index contributed by atoms with van der Waals surface area (Å²) >= 11 is 0. The molecule has 252 valence electrons. The summed E-state index contributed by atoms with van der Waals surface area (Å²) in [6, 6.07) is 24.9. The quantitative estimate of drug-likeness (QED) is 0.0733. The summed E-state index contributed by atoms with van der Waals surface area (Å²) in [5.41, 5.74) is 6.09. The van der Waals surface area contributed by atoms with E-state index in [9.17, 15) is 4.79 Å². The molecule has 0 saturated carbocycles. The van der Waals surface area contributed by atoms with Gasteiger partial charge in [0.15, 0.2) is 0 Å². The van der Waals surface area contributed by atoms with Crippen molar-refractivity contribution in [3.8, 4) is 22.3 Å². The molecule has 0 radical (unpaired) electrons. The van der Waals surface area contributed by atoms with Crippen LogP contribution in [0.4, 0.5) is 0 Å². The molecular weight excluding hydrogens is 564 g/mol. The van der Waals surface area contributed by atoms with Crippen LogP contribution in [0.15, 0.2) is 72.8 Å². The Labute approximate surface area is 281 Å². The Balaban J connectivity index is 1.37. The molecule has 0 heterocycles. The first-order chi connectivity index (χ1) is 22.6. The topological polar surface area (TPSA) is 35.5 Å². The van der Waals surface area contributed by atoms with Gasteiger partial charge in [-0.1, -0.05) is 177 Å². The fraction of sp³-hybridized carbons (Fsp3) is 0.558. The van der Waals surface area contributed by atoms with Crippen molar-refractivity contribution in [1.29, 1.82) is 0 Å². The summed E-state index contributed by atoms with van der Waals surface area (Å²) < 4.78 is 12.0. The SMILES string of the molecule is CCCCCCCCCCCCCCCCOC(C)c1ccc(-c2ccc(-c3ccccc3C(=O)OC(CC)CCC)cc2)cc1. The maximum Gasteiger partial charge on any atom is 0.339 e. The first-order valence-electron chi connectivity index (χ1n) is 18.7. The number of hydrogen-bond donors (Lipinski definition) is 0. The Morgan fingerprint density at radius 1 is 0.587 bits per heavy atom. The first kappa shape index (κ1) is 37.5. The smallest absolute Gasteiger partial charge is 0.339 e. The normalized spacial score (nSPS) is 12.6. The molecule has 2 atom stereocenters. The van der Waals surface area contributed by atoms with Crippen LogP contribution < -0.4 is 0 Å². The van der Waals surface area contributed by atoms with Gasteiger partial charge in [-0.25, -0.2) is 4.79 Å². The number of carbonyl (C=O) groups is 1. The molecule has 3 rings (SSSR count). The number of esters is 1. The Morgan fingerprint density at radius 3 is 1.63 bits per heavy atom. The molecule has 46 heavy (non-hydrogen) atoms. The number of carbonyl (C=O) groups excluding carboxylic acids is 1. The van der Waals surface area contributed by atoms with E-state index in [2.05, 4.69) is 76.2 Å². The Hall–Kier alpha value is -2.91. The van der Waals surface area contributed by atoms with E-state index >= 15 is 0 Å². The van der Waals surface area contributed by atoms with Crippen LogP contribution in [0.1, 0.15) is 159 Å². The number of unbranched alkanes of at least 4 members (excludes halogenated alkanes) is 13. The Bertz CT molecular complexity index is 1210. The average Bonchev–Trinajstić information content (AvgIpc) is 3.09. The molecule has 0 fully saturated rings. The van der Waals surface area contributed by atoms with Gasteiger partial charge in [-0.3, -0.25) is 0 Å². The van der Waals surface area contributed by atoms with Crippen LogP contribution in [-0.2, 0) is 9.47 Å². The van der Waals surface area contributed by atoms with Gasteiger partial charge in [-0.15, -0.1) is 0 Å². The van der Waals surface area contributed by atoms with Crippen LogP contribution in [0.25, 0.3) is 22.3 Å². The molecule has 2 unspecified atom stereocenters. The molecule has 3 heteroatoms. The highest BCUT2D eigenvalue weighted by molar-refractivity contribution is 5.97. The average molecular weight is 627 g/mol. The lowest BCUT2D eigenvalue weighted by atomic mass is 9.96. The molecule has 0 aliphatic rings. The van der Waals surface area contributed by atoms with Gasteiger partial charge in [0.2, 0.25) is 0 Å². The van der Waals surface area contributed by atoms with Crippen LogP contribution in [0.5, 0.6) is 0 Å². The fourth-order valence-corrected chi connectivity index (χ4v) is 6.24.